The van der Waals surface area contributed by atoms with Crippen LogP contribution in [0.2, 0.25) is 0 Å². The number of nitriles is 1. The molecule has 0 aliphatic carbocycles. The minimum Gasteiger partial charge on any atom is -0.329 e. The van der Waals surface area contributed by atoms with Crippen LogP contribution >= 0.6 is 11.8 Å². The van der Waals surface area contributed by atoms with E-state index < -0.39 is 17.8 Å². The van der Waals surface area contributed by atoms with Crippen LogP contribution in [0.15, 0.2) is 5.16 Å². The number of halogens is 3. The average molecular weight is 279 g/mol. The van der Waals surface area contributed by atoms with Crippen LogP contribution in [-0.2, 0) is 6.54 Å². The van der Waals surface area contributed by atoms with Gasteiger partial charge in [-0.15, -0.1) is 10.2 Å². The first-order valence-corrected chi connectivity index (χ1v) is 6.07. The van der Waals surface area contributed by atoms with Crippen LogP contribution in [-0.4, -0.2) is 33.2 Å². The molecule has 5 nitrogen and oxygen atoms in total. The summed E-state index contributed by atoms with van der Waals surface area (Å²) in [4.78, 5) is 0. The molecule has 0 spiro atoms. The molecule has 1 atom stereocenters. The Labute approximate surface area is 106 Å². The van der Waals surface area contributed by atoms with E-state index in [1.165, 1.54) is 6.07 Å². The second-order valence-corrected chi connectivity index (χ2v) is 4.49. The molecular weight excluding hydrogens is 267 g/mol. The third kappa shape index (κ3) is 3.61. The first kappa shape index (κ1) is 14.8. The molecule has 0 saturated heterocycles. The maximum atomic E-state index is 12.4. The van der Waals surface area contributed by atoms with Gasteiger partial charge in [0.25, 0.3) is 0 Å². The molecule has 0 aromatic carbocycles. The topological polar surface area (TPSA) is 80.5 Å². The Hall–Kier alpha value is -1.27. The fourth-order valence-electron chi connectivity index (χ4n) is 1.22. The lowest BCUT2D eigenvalue weighted by Gasteiger charge is -2.12. The Morgan fingerprint density at radius 2 is 2.17 bits per heavy atom. The number of hydrogen-bond donors (Lipinski definition) is 1. The summed E-state index contributed by atoms with van der Waals surface area (Å²) in [5.41, 5.74) is 5.39. The lowest BCUT2D eigenvalue weighted by atomic mass is 10.2. The molecular formula is C9H12F3N5S. The standard InChI is InChI=1S/C9H12F3N5S/c1-6-15-16-8(17(6)3-2-13)18-5-7(4-14)9(10,11)12/h7H,2-3,5,13H2,1H3. The monoisotopic (exact) mass is 279 g/mol. The van der Waals surface area contributed by atoms with E-state index in [1.807, 2.05) is 0 Å². The van der Waals surface area contributed by atoms with Crippen LogP contribution in [0.4, 0.5) is 13.2 Å². The zero-order valence-corrected chi connectivity index (χ0v) is 10.4. The molecule has 0 saturated carbocycles. The maximum absolute atomic E-state index is 12.4. The van der Waals surface area contributed by atoms with Crippen molar-refractivity contribution in [3.63, 3.8) is 0 Å². The highest BCUT2D eigenvalue weighted by Gasteiger charge is 2.40. The van der Waals surface area contributed by atoms with Crippen molar-refractivity contribution in [2.75, 3.05) is 12.3 Å². The van der Waals surface area contributed by atoms with Gasteiger partial charge in [0.15, 0.2) is 11.1 Å². The SMILES string of the molecule is Cc1nnc(SCC(C#N)C(F)(F)F)n1CCN. The molecule has 0 radical (unpaired) electrons. The Bertz CT molecular complexity index is 436. The number of hydrogen-bond acceptors (Lipinski definition) is 5. The molecule has 2 N–H and O–H groups in total. The van der Waals surface area contributed by atoms with Crippen LogP contribution in [0, 0.1) is 24.2 Å². The number of aromatic nitrogens is 3. The summed E-state index contributed by atoms with van der Waals surface area (Å²) in [6.45, 7) is 2.47. The lowest BCUT2D eigenvalue weighted by Crippen LogP contribution is -2.23. The molecule has 1 unspecified atom stereocenters. The zero-order chi connectivity index (χ0) is 13.8. The largest absolute Gasteiger partial charge is 0.405 e. The van der Waals surface area contributed by atoms with Crippen molar-refractivity contribution in [2.45, 2.75) is 24.8 Å². The smallest absolute Gasteiger partial charge is 0.329 e. The van der Waals surface area contributed by atoms with E-state index in [4.69, 9.17) is 11.0 Å². The van der Waals surface area contributed by atoms with Crippen molar-refractivity contribution in [1.29, 1.82) is 5.26 Å². The van der Waals surface area contributed by atoms with Gasteiger partial charge in [-0.25, -0.2) is 0 Å². The third-order valence-corrected chi connectivity index (χ3v) is 3.24. The lowest BCUT2D eigenvalue weighted by molar-refractivity contribution is -0.152. The van der Waals surface area contributed by atoms with E-state index in [0.717, 1.165) is 11.8 Å². The van der Waals surface area contributed by atoms with Gasteiger partial charge in [0.1, 0.15) is 5.82 Å². The summed E-state index contributed by atoms with van der Waals surface area (Å²) in [7, 11) is 0. The summed E-state index contributed by atoms with van der Waals surface area (Å²) in [6, 6.07) is 1.24. The summed E-state index contributed by atoms with van der Waals surface area (Å²) in [6.07, 6.45) is -4.52. The molecule has 1 aromatic rings. The third-order valence-electron chi connectivity index (χ3n) is 2.18. The second kappa shape index (κ2) is 6.06. The summed E-state index contributed by atoms with van der Waals surface area (Å²) in [5.74, 6) is -1.82. The number of nitrogens with zero attached hydrogens (tertiary/aromatic N) is 4. The van der Waals surface area contributed by atoms with Gasteiger partial charge in [-0.05, 0) is 6.92 Å². The van der Waals surface area contributed by atoms with Crippen LogP contribution in [0.25, 0.3) is 0 Å². The van der Waals surface area contributed by atoms with Crippen molar-refractivity contribution in [1.82, 2.24) is 14.8 Å². The van der Waals surface area contributed by atoms with Gasteiger partial charge in [0.2, 0.25) is 0 Å². The highest BCUT2D eigenvalue weighted by molar-refractivity contribution is 7.99. The average Bonchev–Trinajstić information content (AvgIpc) is 2.61. The Morgan fingerprint density at radius 3 is 2.67 bits per heavy atom. The van der Waals surface area contributed by atoms with E-state index in [-0.39, 0.29) is 0 Å². The van der Waals surface area contributed by atoms with Crippen molar-refractivity contribution in [3.05, 3.63) is 5.82 Å². The molecule has 0 amide bonds. The molecule has 100 valence electrons. The first-order chi connectivity index (χ1) is 8.40. The van der Waals surface area contributed by atoms with Crippen LogP contribution < -0.4 is 5.73 Å². The van der Waals surface area contributed by atoms with E-state index in [0.29, 0.717) is 24.1 Å². The van der Waals surface area contributed by atoms with Crippen molar-refractivity contribution in [3.8, 4) is 6.07 Å². The molecule has 1 heterocycles. The number of alkyl halides is 3. The predicted octanol–water partition coefficient (Wildman–Crippen LogP) is 1.34. The number of rotatable bonds is 5. The fraction of sp³-hybridized carbons (Fsp3) is 0.667. The van der Waals surface area contributed by atoms with E-state index >= 15 is 0 Å². The van der Waals surface area contributed by atoms with Gasteiger partial charge in [0.05, 0.1) is 6.07 Å². The van der Waals surface area contributed by atoms with Crippen molar-refractivity contribution < 1.29 is 13.2 Å². The summed E-state index contributed by atoms with van der Waals surface area (Å²) < 4.78 is 38.8. The molecule has 0 fully saturated rings. The molecule has 1 rings (SSSR count). The Balaban J connectivity index is 2.72. The molecule has 18 heavy (non-hydrogen) atoms. The number of aryl methyl sites for hydroxylation is 1. The first-order valence-electron chi connectivity index (χ1n) is 5.09. The Kier molecular flexibility index (Phi) is 4.98. The number of nitrogens with two attached hydrogens (primary N) is 1. The van der Waals surface area contributed by atoms with E-state index in [1.54, 1.807) is 11.5 Å². The molecule has 0 aliphatic heterocycles. The van der Waals surface area contributed by atoms with Crippen molar-refractivity contribution >= 4 is 11.8 Å². The van der Waals surface area contributed by atoms with E-state index in [2.05, 4.69) is 10.2 Å². The number of thioether (sulfide) groups is 1. The zero-order valence-electron chi connectivity index (χ0n) is 9.61. The van der Waals surface area contributed by atoms with Crippen LogP contribution in [0.3, 0.4) is 0 Å². The molecule has 9 heteroatoms. The van der Waals surface area contributed by atoms with Crippen LogP contribution in [0.1, 0.15) is 5.82 Å². The van der Waals surface area contributed by atoms with Crippen molar-refractivity contribution in [2.24, 2.45) is 11.7 Å². The fourth-order valence-corrected chi connectivity index (χ4v) is 2.27. The van der Waals surface area contributed by atoms with Gasteiger partial charge in [-0.1, -0.05) is 11.8 Å². The molecule has 1 aromatic heterocycles. The van der Waals surface area contributed by atoms with Crippen LogP contribution in [0.5, 0.6) is 0 Å². The minimum atomic E-state index is -4.52. The normalized spacial score (nSPS) is 13.3. The summed E-state index contributed by atoms with van der Waals surface area (Å²) in [5, 5.41) is 16.4. The molecule has 0 aliphatic rings. The highest BCUT2D eigenvalue weighted by Crippen LogP contribution is 2.30. The quantitative estimate of drug-likeness (QED) is 0.823. The van der Waals surface area contributed by atoms with Gasteiger partial charge in [-0.3, -0.25) is 0 Å². The Morgan fingerprint density at radius 1 is 1.50 bits per heavy atom. The maximum Gasteiger partial charge on any atom is 0.405 e. The predicted molar refractivity (Wildman–Crippen MR) is 59.7 cm³/mol. The van der Waals surface area contributed by atoms with E-state index in [9.17, 15) is 13.2 Å². The summed E-state index contributed by atoms with van der Waals surface area (Å²) >= 11 is 0.859. The van der Waals surface area contributed by atoms with Gasteiger partial charge < -0.3 is 10.3 Å². The second-order valence-electron chi connectivity index (χ2n) is 3.50. The highest BCUT2D eigenvalue weighted by atomic mass is 32.2. The minimum absolute atomic E-state index is 0.341. The van der Waals surface area contributed by atoms with Gasteiger partial charge >= 0.3 is 6.18 Å². The molecule has 0 bridgehead atoms. The van der Waals surface area contributed by atoms with Gasteiger partial charge in [0, 0.05) is 18.8 Å². The van der Waals surface area contributed by atoms with Gasteiger partial charge in [-0.2, -0.15) is 18.4 Å².